The van der Waals surface area contributed by atoms with Gasteiger partial charge in [-0.25, -0.2) is 8.42 Å². The molecule has 0 aliphatic carbocycles. The van der Waals surface area contributed by atoms with Crippen molar-refractivity contribution in [2.45, 2.75) is 58.1 Å². The lowest BCUT2D eigenvalue weighted by atomic mass is 9.98. The molecule has 1 fully saturated rings. The van der Waals surface area contributed by atoms with Crippen LogP contribution in [-0.4, -0.2) is 68.2 Å². The Bertz CT molecular complexity index is 900. The van der Waals surface area contributed by atoms with Gasteiger partial charge in [0, 0.05) is 20.8 Å². The first-order chi connectivity index (χ1) is 15.0. The summed E-state index contributed by atoms with van der Waals surface area (Å²) in [5.74, 6) is -2.43. The number of carbonyl (C=O) groups excluding carboxylic acids is 3. The molecule has 1 saturated heterocycles. The van der Waals surface area contributed by atoms with Crippen LogP contribution in [0, 0.1) is 0 Å². The van der Waals surface area contributed by atoms with Crippen molar-refractivity contribution in [1.29, 1.82) is 0 Å². The van der Waals surface area contributed by atoms with Crippen molar-refractivity contribution in [1.82, 2.24) is 0 Å². The van der Waals surface area contributed by atoms with Crippen LogP contribution in [-0.2, 0) is 59.3 Å². The Morgan fingerprint density at radius 2 is 1.44 bits per heavy atom. The van der Waals surface area contributed by atoms with Gasteiger partial charge >= 0.3 is 17.9 Å². The van der Waals surface area contributed by atoms with Gasteiger partial charge in [-0.3, -0.25) is 18.6 Å². The Balaban J connectivity index is 2.38. The summed E-state index contributed by atoms with van der Waals surface area (Å²) in [6.07, 6.45) is -7.11. The van der Waals surface area contributed by atoms with E-state index in [1.54, 1.807) is 30.3 Å². The van der Waals surface area contributed by atoms with E-state index in [-0.39, 0.29) is 6.61 Å². The van der Waals surface area contributed by atoms with Crippen LogP contribution in [0.5, 0.6) is 0 Å². The van der Waals surface area contributed by atoms with Crippen molar-refractivity contribution in [3.05, 3.63) is 35.9 Å². The summed E-state index contributed by atoms with van der Waals surface area (Å²) < 4.78 is 64.0. The number of carbonyl (C=O) groups is 3. The number of rotatable bonds is 9. The number of benzene rings is 1. The second kappa shape index (κ2) is 11.3. The molecular formula is C19H23O12S-. The summed E-state index contributed by atoms with van der Waals surface area (Å²) in [5.41, 5.74) is 0.721. The average Bonchev–Trinajstić information content (AvgIpc) is 2.68. The van der Waals surface area contributed by atoms with Gasteiger partial charge in [-0.15, -0.1) is 0 Å². The normalized spacial score (nSPS) is 25.6. The summed E-state index contributed by atoms with van der Waals surface area (Å²) in [4.78, 5) is 35.1. The molecule has 1 aromatic carbocycles. The fraction of sp³-hybridized carbons (Fsp3) is 0.526. The van der Waals surface area contributed by atoms with Gasteiger partial charge in [0.15, 0.2) is 24.6 Å². The Hall–Kier alpha value is -2.58. The molecule has 12 nitrogen and oxygen atoms in total. The Morgan fingerprint density at radius 3 is 1.97 bits per heavy atom. The third kappa shape index (κ3) is 8.16. The minimum absolute atomic E-state index is 0.0261. The molecule has 0 unspecified atom stereocenters. The van der Waals surface area contributed by atoms with E-state index in [2.05, 4.69) is 4.18 Å². The highest BCUT2D eigenvalue weighted by atomic mass is 32.3. The van der Waals surface area contributed by atoms with Crippen LogP contribution in [0.15, 0.2) is 30.3 Å². The maximum Gasteiger partial charge on any atom is 0.303 e. The third-order valence-electron chi connectivity index (χ3n) is 4.13. The van der Waals surface area contributed by atoms with Gasteiger partial charge in [0.25, 0.3) is 0 Å². The maximum atomic E-state index is 11.7. The summed E-state index contributed by atoms with van der Waals surface area (Å²) in [7, 11) is -5.13. The molecule has 0 bridgehead atoms. The highest BCUT2D eigenvalue weighted by Gasteiger charge is 2.52. The van der Waals surface area contributed by atoms with E-state index in [9.17, 15) is 27.4 Å². The highest BCUT2D eigenvalue weighted by molar-refractivity contribution is 7.80. The first-order valence-corrected chi connectivity index (χ1v) is 10.7. The molecule has 0 saturated carbocycles. The van der Waals surface area contributed by atoms with Gasteiger partial charge in [0.1, 0.15) is 6.10 Å². The molecule has 178 valence electrons. The van der Waals surface area contributed by atoms with Crippen molar-refractivity contribution in [3.8, 4) is 0 Å². The van der Waals surface area contributed by atoms with Crippen LogP contribution in [0.4, 0.5) is 0 Å². The zero-order valence-electron chi connectivity index (χ0n) is 17.5. The Labute approximate surface area is 184 Å². The quantitative estimate of drug-likeness (QED) is 0.206. The number of hydrogen-bond acceptors (Lipinski definition) is 12. The van der Waals surface area contributed by atoms with Gasteiger partial charge in [-0.1, -0.05) is 30.3 Å². The molecule has 5 atom stereocenters. The monoisotopic (exact) mass is 475 g/mol. The van der Waals surface area contributed by atoms with Gasteiger partial charge in [0.2, 0.25) is 10.4 Å². The number of ether oxygens (including phenoxy) is 5. The van der Waals surface area contributed by atoms with Crippen molar-refractivity contribution < 1.29 is 55.2 Å². The second-order valence-corrected chi connectivity index (χ2v) is 7.81. The topological polar surface area (TPSA) is 164 Å². The molecule has 13 heteroatoms. The van der Waals surface area contributed by atoms with Gasteiger partial charge in [0.05, 0.1) is 13.2 Å². The van der Waals surface area contributed by atoms with Crippen LogP contribution in [0.3, 0.4) is 0 Å². The average molecular weight is 475 g/mol. The van der Waals surface area contributed by atoms with Crippen LogP contribution < -0.4 is 0 Å². The molecule has 0 radical (unpaired) electrons. The summed E-state index contributed by atoms with van der Waals surface area (Å²) in [5, 5.41) is 0. The lowest BCUT2D eigenvalue weighted by Gasteiger charge is -2.44. The molecule has 0 amide bonds. The van der Waals surface area contributed by atoms with Crippen molar-refractivity contribution in [2.24, 2.45) is 0 Å². The number of hydrogen-bond donors (Lipinski definition) is 0. The molecule has 1 heterocycles. The molecule has 0 aromatic heterocycles. The molecule has 32 heavy (non-hydrogen) atoms. The van der Waals surface area contributed by atoms with E-state index in [1.807, 2.05) is 0 Å². The lowest BCUT2D eigenvalue weighted by molar-refractivity contribution is -0.309. The smallest absolute Gasteiger partial charge is 0.303 e. The van der Waals surface area contributed by atoms with Crippen LogP contribution >= 0.6 is 0 Å². The van der Waals surface area contributed by atoms with E-state index in [0.29, 0.717) is 0 Å². The van der Waals surface area contributed by atoms with Crippen molar-refractivity contribution >= 4 is 28.3 Å². The van der Waals surface area contributed by atoms with E-state index in [0.717, 1.165) is 26.3 Å². The van der Waals surface area contributed by atoms with E-state index in [1.165, 1.54) is 0 Å². The molecule has 0 spiro atoms. The standard InChI is InChI=1S/C19H24O12S/c1-11(20)28-16-15(10-27-32(23,24)25)31-19(26-9-14-7-5-4-6-8-14)18(30-13(3)22)17(16)29-12(2)21/h4-8,15-19H,9-10H2,1-3H3,(H,23,24,25)/p-1/t15-,16-,17+,18-,19-/m1/s1. The minimum atomic E-state index is -5.13. The Kier molecular flexibility index (Phi) is 9.09. The van der Waals surface area contributed by atoms with Crippen molar-refractivity contribution in [2.75, 3.05) is 6.61 Å². The highest BCUT2D eigenvalue weighted by Crippen LogP contribution is 2.30. The van der Waals surface area contributed by atoms with Gasteiger partial charge in [-0.05, 0) is 5.56 Å². The predicted octanol–water partition coefficient (Wildman–Crippen LogP) is 0.200. The third-order valence-corrected chi connectivity index (χ3v) is 4.56. The van der Waals surface area contributed by atoms with Crippen molar-refractivity contribution in [3.63, 3.8) is 0 Å². The summed E-state index contributed by atoms with van der Waals surface area (Å²) in [6.45, 7) is 2.31. The second-order valence-electron chi connectivity index (χ2n) is 6.75. The summed E-state index contributed by atoms with van der Waals surface area (Å²) in [6, 6.07) is 8.81. The van der Waals surface area contributed by atoms with Crippen LogP contribution in [0.25, 0.3) is 0 Å². The fourth-order valence-electron chi connectivity index (χ4n) is 3.03. The van der Waals surface area contributed by atoms with E-state index < -0.39 is 65.6 Å². The van der Waals surface area contributed by atoms with Crippen LogP contribution in [0.2, 0.25) is 0 Å². The molecule has 1 aliphatic rings. The minimum Gasteiger partial charge on any atom is -0.726 e. The molecule has 2 rings (SSSR count). The van der Waals surface area contributed by atoms with Gasteiger partial charge < -0.3 is 28.2 Å². The first-order valence-electron chi connectivity index (χ1n) is 9.39. The molecule has 1 aromatic rings. The summed E-state index contributed by atoms with van der Waals surface area (Å²) >= 11 is 0. The molecular weight excluding hydrogens is 452 g/mol. The molecule has 1 aliphatic heterocycles. The zero-order valence-corrected chi connectivity index (χ0v) is 18.3. The SMILES string of the molecule is CC(=O)O[C@@H]1[C@@H](OC(C)=O)[C@H](OCc2ccccc2)O[C@H](COS(=O)(=O)[O-])[C@H]1OC(C)=O. The Morgan fingerprint density at radius 1 is 0.906 bits per heavy atom. The fourth-order valence-corrected chi connectivity index (χ4v) is 3.33. The predicted molar refractivity (Wildman–Crippen MR) is 102 cm³/mol. The van der Waals surface area contributed by atoms with E-state index in [4.69, 9.17) is 23.7 Å². The lowest BCUT2D eigenvalue weighted by Crippen LogP contribution is -2.62. The zero-order chi connectivity index (χ0) is 23.9. The maximum absolute atomic E-state index is 11.7. The van der Waals surface area contributed by atoms with E-state index >= 15 is 0 Å². The number of esters is 3. The first kappa shape index (κ1) is 25.7. The van der Waals surface area contributed by atoms with Gasteiger partial charge in [-0.2, -0.15) is 0 Å². The van der Waals surface area contributed by atoms with Crippen LogP contribution in [0.1, 0.15) is 26.3 Å². The largest absolute Gasteiger partial charge is 0.726 e. The molecule has 0 N–H and O–H groups in total.